The number of carbonyl (C=O) groups is 2. The first-order valence-corrected chi connectivity index (χ1v) is 6.14. The zero-order valence-corrected chi connectivity index (χ0v) is 10.7. The van der Waals surface area contributed by atoms with Crippen molar-refractivity contribution in [2.24, 2.45) is 17.6 Å². The summed E-state index contributed by atoms with van der Waals surface area (Å²) >= 11 is 0. The molecule has 0 aromatic carbocycles. The lowest BCUT2D eigenvalue weighted by Gasteiger charge is -2.17. The lowest BCUT2D eigenvalue weighted by Crippen LogP contribution is -2.31. The number of carboxylic acids is 1. The van der Waals surface area contributed by atoms with Crippen molar-refractivity contribution in [1.82, 2.24) is 5.32 Å². The third-order valence-corrected chi connectivity index (χ3v) is 2.46. The molecule has 1 unspecified atom stereocenters. The molecule has 0 rings (SSSR count). The second-order valence-electron chi connectivity index (χ2n) is 4.79. The summed E-state index contributed by atoms with van der Waals surface area (Å²) in [5, 5.41) is 11.5. The van der Waals surface area contributed by atoms with Crippen LogP contribution in [0.2, 0.25) is 0 Å². The van der Waals surface area contributed by atoms with E-state index in [1.54, 1.807) is 0 Å². The Hall–Kier alpha value is -1.10. The standard InChI is InChI=1S/C12H24N2O3/c1-9(2)6-10(7-12(16)17)8-14-11(15)4-3-5-13/h9-10H,3-8,13H2,1-2H3,(H,14,15)(H,16,17). The van der Waals surface area contributed by atoms with Gasteiger partial charge in [-0.15, -0.1) is 0 Å². The van der Waals surface area contributed by atoms with Crippen LogP contribution >= 0.6 is 0 Å². The highest BCUT2D eigenvalue weighted by atomic mass is 16.4. The van der Waals surface area contributed by atoms with Crippen LogP contribution in [-0.4, -0.2) is 30.1 Å². The molecule has 0 aliphatic rings. The van der Waals surface area contributed by atoms with Crippen molar-refractivity contribution in [2.75, 3.05) is 13.1 Å². The van der Waals surface area contributed by atoms with Crippen molar-refractivity contribution in [2.45, 2.75) is 39.5 Å². The first-order chi connectivity index (χ1) is 7.95. The highest BCUT2D eigenvalue weighted by Gasteiger charge is 2.15. The van der Waals surface area contributed by atoms with Crippen molar-refractivity contribution in [3.8, 4) is 0 Å². The second-order valence-corrected chi connectivity index (χ2v) is 4.79. The number of carbonyl (C=O) groups excluding carboxylic acids is 1. The number of hydrogen-bond acceptors (Lipinski definition) is 3. The Bertz CT molecular complexity index is 242. The van der Waals surface area contributed by atoms with Gasteiger partial charge in [0.15, 0.2) is 0 Å². The van der Waals surface area contributed by atoms with Crippen molar-refractivity contribution in [3.63, 3.8) is 0 Å². The van der Waals surface area contributed by atoms with E-state index in [1.807, 2.05) is 13.8 Å². The molecule has 17 heavy (non-hydrogen) atoms. The Balaban J connectivity index is 3.97. The first-order valence-electron chi connectivity index (χ1n) is 6.14. The zero-order chi connectivity index (χ0) is 13.3. The lowest BCUT2D eigenvalue weighted by molar-refractivity contribution is -0.138. The van der Waals surface area contributed by atoms with E-state index in [-0.39, 0.29) is 18.2 Å². The fourth-order valence-corrected chi connectivity index (χ4v) is 1.76. The number of amides is 1. The monoisotopic (exact) mass is 244 g/mol. The predicted octanol–water partition coefficient (Wildman–Crippen LogP) is 0.979. The Morgan fingerprint density at radius 1 is 1.35 bits per heavy atom. The van der Waals surface area contributed by atoms with Gasteiger partial charge >= 0.3 is 5.97 Å². The van der Waals surface area contributed by atoms with Crippen molar-refractivity contribution >= 4 is 11.9 Å². The van der Waals surface area contributed by atoms with Gasteiger partial charge in [0.05, 0.1) is 0 Å². The molecule has 0 heterocycles. The maximum absolute atomic E-state index is 11.4. The summed E-state index contributed by atoms with van der Waals surface area (Å²) in [5.41, 5.74) is 5.31. The molecule has 100 valence electrons. The van der Waals surface area contributed by atoms with Crippen LogP contribution in [0.1, 0.15) is 39.5 Å². The summed E-state index contributed by atoms with van der Waals surface area (Å²) in [7, 11) is 0. The molecule has 0 bridgehead atoms. The van der Waals surface area contributed by atoms with Crippen molar-refractivity contribution in [3.05, 3.63) is 0 Å². The largest absolute Gasteiger partial charge is 0.481 e. The normalized spacial score (nSPS) is 12.5. The maximum atomic E-state index is 11.4. The van der Waals surface area contributed by atoms with Gasteiger partial charge in [0.25, 0.3) is 0 Å². The van der Waals surface area contributed by atoms with Gasteiger partial charge in [0.1, 0.15) is 0 Å². The third kappa shape index (κ3) is 9.81. The number of nitrogens with two attached hydrogens (primary N) is 1. The van der Waals surface area contributed by atoms with E-state index in [1.165, 1.54) is 0 Å². The summed E-state index contributed by atoms with van der Waals surface area (Å²) in [5.74, 6) is -0.420. The quantitative estimate of drug-likeness (QED) is 0.563. The van der Waals surface area contributed by atoms with Gasteiger partial charge in [0.2, 0.25) is 5.91 Å². The fourth-order valence-electron chi connectivity index (χ4n) is 1.76. The molecular weight excluding hydrogens is 220 g/mol. The Kier molecular flexibility index (Phi) is 8.40. The summed E-state index contributed by atoms with van der Waals surface area (Å²) in [4.78, 5) is 22.0. The van der Waals surface area contributed by atoms with E-state index in [4.69, 9.17) is 10.8 Å². The minimum atomic E-state index is -0.813. The van der Waals surface area contributed by atoms with Crippen molar-refractivity contribution < 1.29 is 14.7 Å². The average molecular weight is 244 g/mol. The highest BCUT2D eigenvalue weighted by molar-refractivity contribution is 5.76. The van der Waals surface area contributed by atoms with Gasteiger partial charge < -0.3 is 16.2 Å². The van der Waals surface area contributed by atoms with E-state index >= 15 is 0 Å². The SMILES string of the molecule is CC(C)CC(CNC(=O)CCCN)CC(=O)O. The van der Waals surface area contributed by atoms with E-state index in [0.717, 1.165) is 6.42 Å². The second kappa shape index (κ2) is 8.98. The molecule has 0 aliphatic carbocycles. The molecule has 4 N–H and O–H groups in total. The van der Waals surface area contributed by atoms with Crippen LogP contribution in [0.25, 0.3) is 0 Å². The molecule has 1 amide bonds. The van der Waals surface area contributed by atoms with E-state index < -0.39 is 5.97 Å². The molecule has 5 nitrogen and oxygen atoms in total. The molecule has 0 spiro atoms. The molecule has 1 atom stereocenters. The number of aliphatic carboxylic acids is 1. The predicted molar refractivity (Wildman–Crippen MR) is 66.5 cm³/mol. The summed E-state index contributed by atoms with van der Waals surface area (Å²) < 4.78 is 0. The average Bonchev–Trinajstić information content (AvgIpc) is 2.21. The van der Waals surface area contributed by atoms with Gasteiger partial charge in [0, 0.05) is 19.4 Å². The van der Waals surface area contributed by atoms with Crippen LogP contribution in [0.3, 0.4) is 0 Å². The molecule has 0 aromatic heterocycles. The van der Waals surface area contributed by atoms with Gasteiger partial charge in [-0.25, -0.2) is 0 Å². The van der Waals surface area contributed by atoms with Crippen molar-refractivity contribution in [1.29, 1.82) is 0 Å². The fraction of sp³-hybridized carbons (Fsp3) is 0.833. The number of carboxylic acid groups (broad SMARTS) is 1. The highest BCUT2D eigenvalue weighted by Crippen LogP contribution is 2.14. The van der Waals surface area contributed by atoms with Crippen LogP contribution in [0.4, 0.5) is 0 Å². The minimum absolute atomic E-state index is 0.00864. The molecule has 0 aromatic rings. The summed E-state index contributed by atoms with van der Waals surface area (Å²) in [6.07, 6.45) is 2.00. The summed E-state index contributed by atoms with van der Waals surface area (Å²) in [6, 6.07) is 0. The Labute approximate surface area is 103 Å². The Morgan fingerprint density at radius 3 is 2.47 bits per heavy atom. The molecule has 0 saturated carbocycles. The number of hydrogen-bond donors (Lipinski definition) is 3. The van der Waals surface area contributed by atoms with Crippen LogP contribution in [0, 0.1) is 11.8 Å². The molecule has 0 aliphatic heterocycles. The van der Waals surface area contributed by atoms with Gasteiger partial charge in [-0.3, -0.25) is 9.59 Å². The smallest absolute Gasteiger partial charge is 0.303 e. The Morgan fingerprint density at radius 2 is 2.00 bits per heavy atom. The summed E-state index contributed by atoms with van der Waals surface area (Å²) in [6.45, 7) is 5.03. The third-order valence-electron chi connectivity index (χ3n) is 2.46. The molecule has 0 fully saturated rings. The van der Waals surface area contributed by atoms with Gasteiger partial charge in [-0.05, 0) is 31.2 Å². The first kappa shape index (κ1) is 15.9. The molecule has 0 saturated heterocycles. The molecule has 0 radical (unpaired) electrons. The van der Waals surface area contributed by atoms with Crippen LogP contribution < -0.4 is 11.1 Å². The van der Waals surface area contributed by atoms with Gasteiger partial charge in [-0.2, -0.15) is 0 Å². The van der Waals surface area contributed by atoms with Crippen LogP contribution in [0.5, 0.6) is 0 Å². The lowest BCUT2D eigenvalue weighted by atomic mass is 9.94. The van der Waals surface area contributed by atoms with Crippen LogP contribution in [0.15, 0.2) is 0 Å². The maximum Gasteiger partial charge on any atom is 0.303 e. The number of nitrogens with one attached hydrogen (secondary N) is 1. The van der Waals surface area contributed by atoms with E-state index in [9.17, 15) is 9.59 Å². The number of rotatable bonds is 9. The molecular formula is C12H24N2O3. The van der Waals surface area contributed by atoms with Gasteiger partial charge in [-0.1, -0.05) is 13.8 Å². The van der Waals surface area contributed by atoms with E-state index in [2.05, 4.69) is 5.32 Å². The topological polar surface area (TPSA) is 92.4 Å². The minimum Gasteiger partial charge on any atom is -0.481 e. The van der Waals surface area contributed by atoms with E-state index in [0.29, 0.717) is 31.8 Å². The zero-order valence-electron chi connectivity index (χ0n) is 10.7. The van der Waals surface area contributed by atoms with Crippen LogP contribution in [-0.2, 0) is 9.59 Å². The molecule has 5 heteroatoms.